The van der Waals surface area contributed by atoms with Crippen LogP contribution in [-0.4, -0.2) is 12.5 Å². The molecule has 3 rings (SSSR count). The minimum atomic E-state index is -0.0614. The topological polar surface area (TPSA) is 29.1 Å². The van der Waals surface area contributed by atoms with E-state index in [-0.39, 0.29) is 11.8 Å². The van der Waals surface area contributed by atoms with E-state index in [1.165, 1.54) is 11.1 Å². The average Bonchev–Trinajstić information content (AvgIpc) is 2.72. The van der Waals surface area contributed by atoms with Crippen molar-refractivity contribution in [1.82, 2.24) is 5.32 Å². The van der Waals surface area contributed by atoms with Gasteiger partial charge in [-0.15, -0.1) is 0 Å². The smallest absolute Gasteiger partial charge is 0.243 e. The van der Waals surface area contributed by atoms with Crippen LogP contribution in [0, 0.1) is 0 Å². The van der Waals surface area contributed by atoms with Gasteiger partial charge in [0.05, 0.1) is 0 Å². The lowest BCUT2D eigenvalue weighted by Crippen LogP contribution is -2.23. The van der Waals surface area contributed by atoms with E-state index in [9.17, 15) is 4.79 Å². The number of hydrogen-bond donors (Lipinski definition) is 1. The van der Waals surface area contributed by atoms with E-state index in [0.717, 1.165) is 12.0 Å². The maximum atomic E-state index is 12.1. The molecule has 0 fully saturated rings. The van der Waals surface area contributed by atoms with Crippen molar-refractivity contribution in [3.63, 3.8) is 0 Å². The van der Waals surface area contributed by atoms with Crippen molar-refractivity contribution in [3.05, 3.63) is 114 Å². The van der Waals surface area contributed by atoms with Crippen LogP contribution >= 0.6 is 0 Å². The number of amides is 1. The van der Waals surface area contributed by atoms with Crippen molar-refractivity contribution in [1.29, 1.82) is 0 Å². The molecule has 3 aromatic rings. The molecule has 0 aliphatic carbocycles. The summed E-state index contributed by atoms with van der Waals surface area (Å²) in [7, 11) is 0. The van der Waals surface area contributed by atoms with E-state index < -0.39 is 0 Å². The van der Waals surface area contributed by atoms with Crippen LogP contribution < -0.4 is 5.32 Å². The second-order valence-electron chi connectivity index (χ2n) is 6.20. The first-order chi connectivity index (χ1) is 12.8. The summed E-state index contributed by atoms with van der Waals surface area (Å²) in [6, 6.07) is 30.7. The molecule has 0 aliphatic rings. The predicted molar refractivity (Wildman–Crippen MR) is 108 cm³/mol. The Labute approximate surface area is 155 Å². The fourth-order valence-corrected chi connectivity index (χ4v) is 3.03. The molecule has 130 valence electrons. The fourth-order valence-electron chi connectivity index (χ4n) is 3.03. The first-order valence-electron chi connectivity index (χ1n) is 8.94. The summed E-state index contributed by atoms with van der Waals surface area (Å²) in [5.41, 5.74) is 3.56. The molecule has 0 saturated heterocycles. The molecule has 0 heterocycles. The molecule has 0 atom stereocenters. The van der Waals surface area contributed by atoms with Crippen molar-refractivity contribution in [2.45, 2.75) is 12.3 Å². The van der Waals surface area contributed by atoms with Gasteiger partial charge in [-0.3, -0.25) is 4.79 Å². The van der Waals surface area contributed by atoms with E-state index in [1.54, 1.807) is 6.08 Å². The molecule has 1 N–H and O–H groups in total. The highest BCUT2D eigenvalue weighted by Crippen LogP contribution is 2.27. The number of carbonyl (C=O) groups excluding carboxylic acids is 1. The lowest BCUT2D eigenvalue weighted by atomic mass is 9.88. The van der Waals surface area contributed by atoms with Gasteiger partial charge in [-0.1, -0.05) is 91.0 Å². The average molecular weight is 341 g/mol. The number of rotatable bonds is 7. The summed E-state index contributed by atoms with van der Waals surface area (Å²) < 4.78 is 0. The zero-order chi connectivity index (χ0) is 18.0. The molecule has 0 unspecified atom stereocenters. The highest BCUT2D eigenvalue weighted by molar-refractivity contribution is 5.91. The summed E-state index contributed by atoms with van der Waals surface area (Å²) in [5.74, 6) is 0.213. The van der Waals surface area contributed by atoms with Crippen LogP contribution in [0.1, 0.15) is 29.0 Å². The zero-order valence-corrected chi connectivity index (χ0v) is 14.7. The largest absolute Gasteiger partial charge is 0.353 e. The third-order valence-corrected chi connectivity index (χ3v) is 4.36. The maximum Gasteiger partial charge on any atom is 0.243 e. The predicted octanol–water partition coefficient (Wildman–Crippen LogP) is 5.04. The van der Waals surface area contributed by atoms with Gasteiger partial charge in [-0.05, 0) is 29.2 Å². The van der Waals surface area contributed by atoms with Crippen LogP contribution in [0.4, 0.5) is 0 Å². The molecule has 3 aromatic carbocycles. The monoisotopic (exact) mass is 341 g/mol. The third-order valence-electron chi connectivity index (χ3n) is 4.36. The Balaban J connectivity index is 1.60. The van der Waals surface area contributed by atoms with E-state index in [1.807, 2.05) is 48.5 Å². The molecule has 0 aliphatic heterocycles. The van der Waals surface area contributed by atoms with Crippen LogP contribution in [0.5, 0.6) is 0 Å². The molecule has 2 heteroatoms. The SMILES string of the molecule is O=C(/C=C/c1ccccc1)NCCC(c1ccccc1)c1ccccc1. The Kier molecular flexibility index (Phi) is 6.38. The van der Waals surface area contributed by atoms with Gasteiger partial charge in [0.25, 0.3) is 0 Å². The number of carbonyl (C=O) groups is 1. The minimum absolute atomic E-state index is 0.0614. The zero-order valence-electron chi connectivity index (χ0n) is 14.7. The quantitative estimate of drug-likeness (QED) is 0.599. The van der Waals surface area contributed by atoms with Gasteiger partial charge in [0.1, 0.15) is 0 Å². The van der Waals surface area contributed by atoms with E-state index in [0.29, 0.717) is 6.54 Å². The van der Waals surface area contributed by atoms with Crippen molar-refractivity contribution >= 4 is 12.0 Å². The Morgan fingerprint density at radius 1 is 0.769 bits per heavy atom. The summed E-state index contributed by atoms with van der Waals surface area (Å²) in [4.78, 5) is 12.1. The second kappa shape index (κ2) is 9.38. The van der Waals surface area contributed by atoms with Gasteiger partial charge >= 0.3 is 0 Å². The van der Waals surface area contributed by atoms with E-state index >= 15 is 0 Å². The van der Waals surface area contributed by atoms with E-state index in [4.69, 9.17) is 0 Å². The molecular weight excluding hydrogens is 318 g/mol. The van der Waals surface area contributed by atoms with Gasteiger partial charge in [-0.2, -0.15) is 0 Å². The van der Waals surface area contributed by atoms with Crippen LogP contribution in [0.25, 0.3) is 6.08 Å². The summed E-state index contributed by atoms with van der Waals surface area (Å²) >= 11 is 0. The van der Waals surface area contributed by atoms with Gasteiger partial charge in [0.15, 0.2) is 0 Å². The summed E-state index contributed by atoms with van der Waals surface area (Å²) in [5, 5.41) is 3.00. The number of benzene rings is 3. The Morgan fingerprint density at radius 3 is 1.81 bits per heavy atom. The highest BCUT2D eigenvalue weighted by atomic mass is 16.1. The highest BCUT2D eigenvalue weighted by Gasteiger charge is 2.13. The lowest BCUT2D eigenvalue weighted by Gasteiger charge is -2.18. The number of nitrogens with one attached hydrogen (secondary N) is 1. The Bertz CT molecular complexity index is 786. The molecule has 1 amide bonds. The third kappa shape index (κ3) is 5.18. The summed E-state index contributed by atoms with van der Waals surface area (Å²) in [6.45, 7) is 0.631. The van der Waals surface area contributed by atoms with Crippen molar-refractivity contribution in [2.75, 3.05) is 6.54 Å². The van der Waals surface area contributed by atoms with Crippen LogP contribution in [0.3, 0.4) is 0 Å². The molecule has 0 saturated carbocycles. The van der Waals surface area contributed by atoms with Gasteiger partial charge in [0.2, 0.25) is 5.91 Å². The second-order valence-corrected chi connectivity index (χ2v) is 6.20. The standard InChI is InChI=1S/C24H23NO/c26-24(17-16-20-10-4-1-5-11-20)25-19-18-23(21-12-6-2-7-13-21)22-14-8-3-9-15-22/h1-17,23H,18-19H2,(H,25,26)/b17-16+. The minimum Gasteiger partial charge on any atom is -0.353 e. The van der Waals surface area contributed by atoms with E-state index in [2.05, 4.69) is 53.8 Å². The van der Waals surface area contributed by atoms with Crippen molar-refractivity contribution in [3.8, 4) is 0 Å². The molecular formula is C24H23NO. The van der Waals surface area contributed by atoms with Crippen molar-refractivity contribution < 1.29 is 4.79 Å². The maximum absolute atomic E-state index is 12.1. The Hall–Kier alpha value is -3.13. The normalized spacial score (nSPS) is 11.0. The molecule has 0 bridgehead atoms. The van der Waals surface area contributed by atoms with Crippen LogP contribution in [0.15, 0.2) is 97.1 Å². The molecule has 0 radical (unpaired) electrons. The molecule has 0 spiro atoms. The molecule has 26 heavy (non-hydrogen) atoms. The van der Waals surface area contributed by atoms with Gasteiger partial charge in [0, 0.05) is 18.5 Å². The fraction of sp³-hybridized carbons (Fsp3) is 0.125. The van der Waals surface area contributed by atoms with Crippen molar-refractivity contribution in [2.24, 2.45) is 0 Å². The first-order valence-corrected chi connectivity index (χ1v) is 8.94. The Morgan fingerprint density at radius 2 is 1.27 bits per heavy atom. The molecule has 0 aromatic heterocycles. The van der Waals surface area contributed by atoms with Crippen LogP contribution in [0.2, 0.25) is 0 Å². The molecule has 2 nitrogen and oxygen atoms in total. The van der Waals surface area contributed by atoms with Crippen LogP contribution in [-0.2, 0) is 4.79 Å². The lowest BCUT2D eigenvalue weighted by molar-refractivity contribution is -0.116. The van der Waals surface area contributed by atoms with Gasteiger partial charge < -0.3 is 5.32 Å². The van der Waals surface area contributed by atoms with Gasteiger partial charge in [-0.25, -0.2) is 0 Å². The summed E-state index contributed by atoms with van der Waals surface area (Å²) in [6.07, 6.45) is 4.29. The first kappa shape index (κ1) is 17.7. The number of hydrogen-bond acceptors (Lipinski definition) is 1.